The number of para-hydroxylation sites is 2. The molecule has 0 saturated carbocycles. The summed E-state index contributed by atoms with van der Waals surface area (Å²) in [7, 11) is 1.54. The fourth-order valence-electron chi connectivity index (χ4n) is 1.99. The molecule has 6 nitrogen and oxygen atoms in total. The largest absolute Gasteiger partial charge is 0.493 e. The molecule has 0 atom stereocenters. The Hall–Kier alpha value is -3.02. The van der Waals surface area contributed by atoms with Crippen molar-refractivity contribution in [3.05, 3.63) is 54.1 Å². The Morgan fingerprint density at radius 1 is 1.04 bits per heavy atom. The summed E-state index contributed by atoms with van der Waals surface area (Å²) in [5, 5.41) is 2.71. The third-order valence-corrected chi connectivity index (χ3v) is 3.04. The van der Waals surface area contributed by atoms with Gasteiger partial charge in [-0.25, -0.2) is 0 Å². The number of carbonyl (C=O) groups is 2. The topological polar surface area (TPSA) is 90.7 Å². The van der Waals surface area contributed by atoms with Gasteiger partial charge in [0.1, 0.15) is 0 Å². The Morgan fingerprint density at radius 2 is 1.70 bits per heavy atom. The highest BCUT2D eigenvalue weighted by Crippen LogP contribution is 2.25. The van der Waals surface area contributed by atoms with Crippen LogP contribution in [0.2, 0.25) is 0 Å². The molecule has 120 valence electrons. The number of amides is 2. The monoisotopic (exact) mass is 314 g/mol. The van der Waals surface area contributed by atoms with Crippen molar-refractivity contribution >= 4 is 17.5 Å². The average Bonchev–Trinajstić information content (AvgIpc) is 2.54. The molecule has 0 saturated heterocycles. The first-order valence-electron chi connectivity index (χ1n) is 7.01. The van der Waals surface area contributed by atoms with Gasteiger partial charge in [0.15, 0.2) is 18.1 Å². The zero-order valence-corrected chi connectivity index (χ0v) is 12.7. The Kier molecular flexibility index (Phi) is 5.57. The van der Waals surface area contributed by atoms with Gasteiger partial charge in [-0.2, -0.15) is 0 Å². The molecule has 23 heavy (non-hydrogen) atoms. The van der Waals surface area contributed by atoms with E-state index in [0.29, 0.717) is 17.2 Å². The van der Waals surface area contributed by atoms with E-state index >= 15 is 0 Å². The lowest BCUT2D eigenvalue weighted by Gasteiger charge is -2.10. The maximum Gasteiger partial charge on any atom is 0.262 e. The molecule has 2 amide bonds. The number of carbonyl (C=O) groups excluding carboxylic acids is 2. The number of primary amides is 1. The zero-order chi connectivity index (χ0) is 16.7. The summed E-state index contributed by atoms with van der Waals surface area (Å²) in [5.41, 5.74) is 6.54. The number of rotatable bonds is 7. The second kappa shape index (κ2) is 7.84. The number of anilines is 1. The third kappa shape index (κ3) is 5.03. The van der Waals surface area contributed by atoms with E-state index in [1.54, 1.807) is 42.5 Å². The molecule has 0 heterocycles. The molecule has 0 aromatic heterocycles. The highest BCUT2D eigenvalue weighted by Gasteiger charge is 2.07. The van der Waals surface area contributed by atoms with Crippen LogP contribution in [-0.2, 0) is 16.0 Å². The van der Waals surface area contributed by atoms with Crippen LogP contribution in [0.3, 0.4) is 0 Å². The Bertz CT molecular complexity index is 683. The molecule has 0 bridgehead atoms. The normalized spacial score (nSPS) is 9.96. The summed E-state index contributed by atoms with van der Waals surface area (Å²) >= 11 is 0. The fraction of sp³-hybridized carbons (Fsp3) is 0.176. The summed E-state index contributed by atoms with van der Waals surface area (Å²) < 4.78 is 10.6. The van der Waals surface area contributed by atoms with Gasteiger partial charge in [0.2, 0.25) is 5.91 Å². The van der Waals surface area contributed by atoms with Crippen LogP contribution >= 0.6 is 0 Å². The molecule has 0 spiro atoms. The summed E-state index contributed by atoms with van der Waals surface area (Å²) in [6.07, 6.45) is 0.172. The lowest BCUT2D eigenvalue weighted by Crippen LogP contribution is -2.20. The molecule has 0 fully saturated rings. The summed E-state index contributed by atoms with van der Waals surface area (Å²) in [6, 6.07) is 14.0. The van der Waals surface area contributed by atoms with Crippen molar-refractivity contribution in [3.63, 3.8) is 0 Å². The highest BCUT2D eigenvalue weighted by atomic mass is 16.5. The first-order valence-corrected chi connectivity index (χ1v) is 7.01. The quantitative estimate of drug-likeness (QED) is 0.814. The average molecular weight is 314 g/mol. The molecule has 3 N–H and O–H groups in total. The van der Waals surface area contributed by atoms with Crippen LogP contribution in [0.25, 0.3) is 0 Å². The van der Waals surface area contributed by atoms with Crippen molar-refractivity contribution < 1.29 is 19.1 Å². The van der Waals surface area contributed by atoms with Gasteiger partial charge < -0.3 is 20.5 Å². The van der Waals surface area contributed by atoms with E-state index in [1.165, 1.54) is 7.11 Å². The lowest BCUT2D eigenvalue weighted by molar-refractivity contribution is -0.118. The number of nitrogens with two attached hydrogens (primary N) is 1. The van der Waals surface area contributed by atoms with Crippen molar-refractivity contribution in [1.29, 1.82) is 0 Å². The van der Waals surface area contributed by atoms with E-state index in [-0.39, 0.29) is 18.9 Å². The SMILES string of the molecule is COc1ccccc1OCC(=O)Nc1ccc(CC(N)=O)cc1. The van der Waals surface area contributed by atoms with Gasteiger partial charge in [0, 0.05) is 5.69 Å². The van der Waals surface area contributed by atoms with Crippen molar-refractivity contribution in [2.75, 3.05) is 19.0 Å². The van der Waals surface area contributed by atoms with E-state index < -0.39 is 5.91 Å². The van der Waals surface area contributed by atoms with Gasteiger partial charge in [-0.1, -0.05) is 24.3 Å². The van der Waals surface area contributed by atoms with Crippen molar-refractivity contribution in [3.8, 4) is 11.5 Å². The van der Waals surface area contributed by atoms with Crippen LogP contribution in [0.4, 0.5) is 5.69 Å². The standard InChI is InChI=1S/C17H18N2O4/c1-22-14-4-2-3-5-15(14)23-11-17(21)19-13-8-6-12(7-9-13)10-16(18)20/h2-9H,10-11H2,1H3,(H2,18,20)(H,19,21). The smallest absolute Gasteiger partial charge is 0.262 e. The molecule has 2 rings (SSSR count). The summed E-state index contributed by atoms with van der Waals surface area (Å²) in [5.74, 6) is 0.378. The second-order valence-electron chi connectivity index (χ2n) is 4.83. The van der Waals surface area contributed by atoms with Gasteiger partial charge in [0.05, 0.1) is 13.5 Å². The molecule has 0 aliphatic heterocycles. The number of hydrogen-bond acceptors (Lipinski definition) is 4. The lowest BCUT2D eigenvalue weighted by atomic mass is 10.1. The number of hydrogen-bond donors (Lipinski definition) is 2. The van der Waals surface area contributed by atoms with Crippen molar-refractivity contribution in [2.24, 2.45) is 5.73 Å². The Balaban J connectivity index is 1.88. The van der Waals surface area contributed by atoms with Gasteiger partial charge >= 0.3 is 0 Å². The van der Waals surface area contributed by atoms with Crippen LogP contribution in [0.1, 0.15) is 5.56 Å². The van der Waals surface area contributed by atoms with Gasteiger partial charge in [-0.3, -0.25) is 9.59 Å². The van der Waals surface area contributed by atoms with Crippen molar-refractivity contribution in [1.82, 2.24) is 0 Å². The van der Waals surface area contributed by atoms with E-state index in [2.05, 4.69) is 5.32 Å². The molecular weight excluding hydrogens is 296 g/mol. The van der Waals surface area contributed by atoms with E-state index in [9.17, 15) is 9.59 Å². The zero-order valence-electron chi connectivity index (χ0n) is 12.7. The van der Waals surface area contributed by atoms with Gasteiger partial charge in [-0.05, 0) is 29.8 Å². The van der Waals surface area contributed by atoms with Crippen LogP contribution in [-0.4, -0.2) is 25.5 Å². The molecule has 0 unspecified atom stereocenters. The minimum atomic E-state index is -0.396. The van der Waals surface area contributed by atoms with Crippen LogP contribution < -0.4 is 20.5 Å². The predicted octanol–water partition coefficient (Wildman–Crippen LogP) is 1.74. The van der Waals surface area contributed by atoms with Crippen LogP contribution in [0.15, 0.2) is 48.5 Å². The van der Waals surface area contributed by atoms with Gasteiger partial charge in [0.25, 0.3) is 5.91 Å². The van der Waals surface area contributed by atoms with Crippen molar-refractivity contribution in [2.45, 2.75) is 6.42 Å². The van der Waals surface area contributed by atoms with E-state index in [4.69, 9.17) is 15.2 Å². The molecule has 2 aromatic carbocycles. The first-order chi connectivity index (χ1) is 11.1. The van der Waals surface area contributed by atoms with Crippen LogP contribution in [0.5, 0.6) is 11.5 Å². The summed E-state index contributed by atoms with van der Waals surface area (Å²) in [6.45, 7) is -0.136. The van der Waals surface area contributed by atoms with E-state index in [1.807, 2.05) is 6.07 Å². The number of nitrogens with one attached hydrogen (secondary N) is 1. The fourth-order valence-corrected chi connectivity index (χ4v) is 1.99. The third-order valence-electron chi connectivity index (χ3n) is 3.04. The number of methoxy groups -OCH3 is 1. The minimum Gasteiger partial charge on any atom is -0.493 e. The minimum absolute atomic E-state index is 0.136. The molecule has 6 heteroatoms. The molecule has 0 aliphatic rings. The Morgan fingerprint density at radius 3 is 2.30 bits per heavy atom. The highest BCUT2D eigenvalue weighted by molar-refractivity contribution is 5.92. The Labute approximate surface area is 134 Å². The van der Waals surface area contributed by atoms with Crippen LogP contribution in [0, 0.1) is 0 Å². The molecule has 2 aromatic rings. The van der Waals surface area contributed by atoms with Gasteiger partial charge in [-0.15, -0.1) is 0 Å². The predicted molar refractivity (Wildman–Crippen MR) is 86.5 cm³/mol. The number of benzene rings is 2. The molecular formula is C17H18N2O4. The maximum absolute atomic E-state index is 11.9. The molecule has 0 radical (unpaired) electrons. The first kappa shape index (κ1) is 16.4. The maximum atomic E-state index is 11.9. The van der Waals surface area contributed by atoms with E-state index in [0.717, 1.165) is 5.56 Å². The molecule has 0 aliphatic carbocycles. The second-order valence-corrected chi connectivity index (χ2v) is 4.83. The number of ether oxygens (including phenoxy) is 2. The summed E-state index contributed by atoms with van der Waals surface area (Å²) in [4.78, 5) is 22.7.